The average Bonchev–Trinajstić information content (AvgIpc) is 2.96. The van der Waals surface area contributed by atoms with Crippen LogP contribution in [0.2, 0.25) is 0 Å². The van der Waals surface area contributed by atoms with Gasteiger partial charge in [-0.1, -0.05) is 6.42 Å². The number of nitrogens with zero attached hydrogens (tertiary/aromatic N) is 4. The van der Waals surface area contributed by atoms with Crippen molar-refractivity contribution in [3.05, 3.63) is 25.0 Å². The molecule has 3 rings (SSSR count). The predicted molar refractivity (Wildman–Crippen MR) is 71.1 cm³/mol. The van der Waals surface area contributed by atoms with Crippen LogP contribution in [0.3, 0.4) is 0 Å². The second-order valence-electron chi connectivity index (χ2n) is 4.76. The molecule has 1 aliphatic rings. The van der Waals surface area contributed by atoms with E-state index in [4.69, 9.17) is 10.5 Å². The SMILES string of the molecule is Nc1c(OC2CCCCC2)ncnc1-n1ccnc1. The molecule has 6 heteroatoms. The highest BCUT2D eigenvalue weighted by Gasteiger charge is 2.18. The van der Waals surface area contributed by atoms with Gasteiger partial charge in [0, 0.05) is 12.4 Å². The van der Waals surface area contributed by atoms with Crippen molar-refractivity contribution < 1.29 is 4.74 Å². The van der Waals surface area contributed by atoms with Gasteiger partial charge in [0.15, 0.2) is 5.82 Å². The Labute approximate surface area is 111 Å². The topological polar surface area (TPSA) is 78.9 Å². The Kier molecular flexibility index (Phi) is 3.31. The molecule has 2 aromatic heterocycles. The summed E-state index contributed by atoms with van der Waals surface area (Å²) in [5, 5.41) is 0. The van der Waals surface area contributed by atoms with Crippen LogP contribution in [-0.4, -0.2) is 25.6 Å². The number of nitrogens with two attached hydrogens (primary N) is 1. The molecule has 19 heavy (non-hydrogen) atoms. The molecule has 1 aliphatic carbocycles. The first kappa shape index (κ1) is 12.0. The minimum absolute atomic E-state index is 0.224. The molecular weight excluding hydrogens is 242 g/mol. The first-order valence-corrected chi connectivity index (χ1v) is 6.60. The van der Waals surface area contributed by atoms with Crippen molar-refractivity contribution in [1.29, 1.82) is 0 Å². The Hall–Kier alpha value is -2.11. The van der Waals surface area contributed by atoms with Gasteiger partial charge in [-0.15, -0.1) is 0 Å². The number of hydrogen-bond donors (Lipinski definition) is 1. The molecule has 0 unspecified atom stereocenters. The minimum atomic E-state index is 0.224. The van der Waals surface area contributed by atoms with Crippen LogP contribution in [0, 0.1) is 0 Å². The van der Waals surface area contributed by atoms with E-state index < -0.39 is 0 Å². The van der Waals surface area contributed by atoms with Crippen LogP contribution in [0.15, 0.2) is 25.0 Å². The fourth-order valence-corrected chi connectivity index (χ4v) is 2.40. The fraction of sp³-hybridized carbons (Fsp3) is 0.462. The highest BCUT2D eigenvalue weighted by Crippen LogP contribution is 2.28. The molecule has 0 aromatic carbocycles. The van der Waals surface area contributed by atoms with Crippen LogP contribution in [0.4, 0.5) is 5.69 Å². The van der Waals surface area contributed by atoms with Gasteiger partial charge in [0.1, 0.15) is 24.4 Å². The summed E-state index contributed by atoms with van der Waals surface area (Å²) in [5.74, 6) is 1.09. The summed E-state index contributed by atoms with van der Waals surface area (Å²) in [6.07, 6.45) is 12.7. The van der Waals surface area contributed by atoms with E-state index >= 15 is 0 Å². The quantitative estimate of drug-likeness (QED) is 0.911. The molecule has 2 N–H and O–H groups in total. The second kappa shape index (κ2) is 5.26. The van der Waals surface area contributed by atoms with Crippen molar-refractivity contribution in [3.63, 3.8) is 0 Å². The molecule has 0 atom stereocenters. The molecule has 0 saturated heterocycles. The lowest BCUT2D eigenvalue weighted by Gasteiger charge is -2.23. The number of ether oxygens (including phenoxy) is 1. The zero-order valence-electron chi connectivity index (χ0n) is 10.7. The summed E-state index contributed by atoms with van der Waals surface area (Å²) >= 11 is 0. The lowest BCUT2D eigenvalue weighted by molar-refractivity contribution is 0.149. The molecule has 2 heterocycles. The third kappa shape index (κ3) is 2.52. The summed E-state index contributed by atoms with van der Waals surface area (Å²) in [7, 11) is 0. The Bertz CT molecular complexity index is 534. The van der Waals surface area contributed by atoms with Crippen molar-refractivity contribution >= 4 is 5.69 Å². The number of anilines is 1. The third-order valence-electron chi connectivity index (χ3n) is 3.41. The average molecular weight is 259 g/mol. The van der Waals surface area contributed by atoms with Crippen molar-refractivity contribution in [1.82, 2.24) is 19.5 Å². The summed E-state index contributed by atoms with van der Waals surface area (Å²) in [4.78, 5) is 12.3. The summed E-state index contributed by atoms with van der Waals surface area (Å²) < 4.78 is 7.67. The first-order valence-electron chi connectivity index (χ1n) is 6.60. The Morgan fingerprint density at radius 1 is 1.21 bits per heavy atom. The molecular formula is C13H17N5O. The lowest BCUT2D eigenvalue weighted by Crippen LogP contribution is -2.21. The minimum Gasteiger partial charge on any atom is -0.473 e. The molecule has 0 amide bonds. The molecule has 1 saturated carbocycles. The van der Waals surface area contributed by atoms with Gasteiger partial charge in [-0.05, 0) is 25.7 Å². The lowest BCUT2D eigenvalue weighted by atomic mass is 9.98. The zero-order chi connectivity index (χ0) is 13.1. The maximum absolute atomic E-state index is 6.09. The normalized spacial score (nSPS) is 16.4. The van der Waals surface area contributed by atoms with Gasteiger partial charge >= 0.3 is 0 Å². The maximum Gasteiger partial charge on any atom is 0.242 e. The molecule has 2 aromatic rings. The zero-order valence-corrected chi connectivity index (χ0v) is 10.7. The van der Waals surface area contributed by atoms with E-state index in [1.807, 2.05) is 0 Å². The summed E-state index contributed by atoms with van der Waals surface area (Å²) in [6, 6.07) is 0. The second-order valence-corrected chi connectivity index (χ2v) is 4.76. The monoisotopic (exact) mass is 259 g/mol. The van der Waals surface area contributed by atoms with Gasteiger partial charge < -0.3 is 10.5 Å². The van der Waals surface area contributed by atoms with Crippen molar-refractivity contribution in [2.24, 2.45) is 0 Å². The van der Waals surface area contributed by atoms with Gasteiger partial charge in [-0.25, -0.2) is 9.97 Å². The Morgan fingerprint density at radius 2 is 2.05 bits per heavy atom. The van der Waals surface area contributed by atoms with Crippen LogP contribution in [0.25, 0.3) is 5.82 Å². The largest absolute Gasteiger partial charge is 0.473 e. The van der Waals surface area contributed by atoms with E-state index in [-0.39, 0.29) is 6.10 Å². The standard InChI is InChI=1S/C13H17N5O/c14-11-12(18-7-6-15-9-18)16-8-17-13(11)19-10-4-2-1-3-5-10/h6-10H,1-5,14H2. The number of hydrogen-bond acceptors (Lipinski definition) is 5. The molecule has 6 nitrogen and oxygen atoms in total. The van der Waals surface area contributed by atoms with Gasteiger partial charge in [0.2, 0.25) is 5.88 Å². The predicted octanol–water partition coefficient (Wildman–Crippen LogP) is 1.96. The number of imidazole rings is 1. The van der Waals surface area contributed by atoms with E-state index in [9.17, 15) is 0 Å². The highest BCUT2D eigenvalue weighted by molar-refractivity contribution is 5.59. The van der Waals surface area contributed by atoms with E-state index in [1.165, 1.54) is 25.6 Å². The smallest absolute Gasteiger partial charge is 0.242 e. The van der Waals surface area contributed by atoms with E-state index in [0.717, 1.165) is 12.8 Å². The number of aromatic nitrogens is 4. The van der Waals surface area contributed by atoms with Gasteiger partial charge in [-0.2, -0.15) is 4.98 Å². The van der Waals surface area contributed by atoms with Crippen molar-refractivity contribution in [2.45, 2.75) is 38.2 Å². The van der Waals surface area contributed by atoms with E-state index in [1.54, 1.807) is 23.3 Å². The van der Waals surface area contributed by atoms with Crippen LogP contribution in [-0.2, 0) is 0 Å². The van der Waals surface area contributed by atoms with Gasteiger partial charge in [0.05, 0.1) is 0 Å². The highest BCUT2D eigenvalue weighted by atomic mass is 16.5. The Morgan fingerprint density at radius 3 is 2.79 bits per heavy atom. The number of rotatable bonds is 3. The number of nitrogen functional groups attached to an aromatic ring is 1. The van der Waals surface area contributed by atoms with Gasteiger partial charge in [-0.3, -0.25) is 4.57 Å². The third-order valence-corrected chi connectivity index (χ3v) is 3.41. The van der Waals surface area contributed by atoms with E-state index in [0.29, 0.717) is 17.4 Å². The van der Waals surface area contributed by atoms with Crippen LogP contribution in [0.1, 0.15) is 32.1 Å². The van der Waals surface area contributed by atoms with Crippen molar-refractivity contribution in [3.8, 4) is 11.7 Å². The molecule has 1 fully saturated rings. The maximum atomic E-state index is 6.09. The summed E-state index contributed by atoms with van der Waals surface area (Å²) in [6.45, 7) is 0. The molecule has 0 aliphatic heterocycles. The van der Waals surface area contributed by atoms with Crippen LogP contribution >= 0.6 is 0 Å². The summed E-state index contributed by atoms with van der Waals surface area (Å²) in [5.41, 5.74) is 6.56. The molecule has 0 bridgehead atoms. The van der Waals surface area contributed by atoms with Crippen LogP contribution < -0.4 is 10.5 Å². The fourth-order valence-electron chi connectivity index (χ4n) is 2.40. The van der Waals surface area contributed by atoms with Crippen LogP contribution in [0.5, 0.6) is 5.88 Å². The molecule has 0 radical (unpaired) electrons. The Balaban J connectivity index is 1.84. The van der Waals surface area contributed by atoms with Gasteiger partial charge in [0.25, 0.3) is 0 Å². The molecule has 100 valence electrons. The van der Waals surface area contributed by atoms with E-state index in [2.05, 4.69) is 15.0 Å². The first-order chi connectivity index (χ1) is 9.34. The molecule has 0 spiro atoms. The van der Waals surface area contributed by atoms with Crippen molar-refractivity contribution in [2.75, 3.05) is 5.73 Å².